The maximum atomic E-state index is 12.2. The lowest BCUT2D eigenvalue weighted by Crippen LogP contribution is -2.28. The Morgan fingerprint density at radius 2 is 0.860 bits per heavy atom. The number of aliphatic hydroxyl groups excluding tert-OH is 1. The van der Waals surface area contributed by atoms with Gasteiger partial charge in [-0.2, -0.15) is 0 Å². The predicted molar refractivity (Wildman–Crippen MR) is 214 cm³/mol. The van der Waals surface area contributed by atoms with Crippen LogP contribution in [0.3, 0.4) is 0 Å². The number of carbonyl (C=O) groups is 2. The minimum absolute atomic E-state index is 0.0832. The first-order valence-electron chi connectivity index (χ1n) is 20.8. The lowest BCUT2D eigenvalue weighted by molar-refractivity contribution is -0.161. The van der Waals surface area contributed by atoms with Crippen molar-refractivity contribution in [2.75, 3.05) is 13.2 Å². The van der Waals surface area contributed by atoms with Gasteiger partial charge in [0.15, 0.2) is 6.10 Å². The van der Waals surface area contributed by atoms with Crippen molar-refractivity contribution in [2.24, 2.45) is 0 Å². The number of hydrogen-bond donors (Lipinski definition) is 1. The summed E-state index contributed by atoms with van der Waals surface area (Å²) in [5.74, 6) is -0.626. The van der Waals surface area contributed by atoms with Crippen LogP contribution in [0.15, 0.2) is 60.8 Å². The van der Waals surface area contributed by atoms with Crippen LogP contribution in [0, 0.1) is 0 Å². The topological polar surface area (TPSA) is 72.8 Å². The van der Waals surface area contributed by atoms with E-state index in [2.05, 4.69) is 74.6 Å². The number of ether oxygens (including phenoxy) is 2. The summed E-state index contributed by atoms with van der Waals surface area (Å²) in [6.07, 6.45) is 52.8. The molecule has 0 fully saturated rings. The van der Waals surface area contributed by atoms with Gasteiger partial charge in [0, 0.05) is 12.8 Å². The molecule has 0 aromatic rings. The van der Waals surface area contributed by atoms with Gasteiger partial charge >= 0.3 is 11.9 Å². The molecule has 0 aromatic heterocycles. The molecule has 1 N–H and O–H groups in total. The zero-order chi connectivity index (χ0) is 36.4. The van der Waals surface area contributed by atoms with Gasteiger partial charge in [0.1, 0.15) is 6.61 Å². The number of unbranched alkanes of at least 4 members (excludes halogenated alkanes) is 19. The standard InChI is InChI=1S/C45H78O5/c1-3-5-7-9-11-13-15-17-19-21-22-24-25-27-29-31-33-35-37-39-44(47)49-42-43(41-46)50-45(48)40-38-36-34-32-30-28-26-23-20-18-16-14-12-10-8-6-4-2/h5,7,11,13,17,19,22,24,27,29,43,46H,3-4,6,8-10,12,14-16,18,20-21,23,25-26,28,30-42H2,1-2H3. The number of aliphatic hydroxyl groups is 1. The van der Waals surface area contributed by atoms with Crippen molar-refractivity contribution in [2.45, 2.75) is 200 Å². The van der Waals surface area contributed by atoms with Crippen molar-refractivity contribution >= 4 is 11.9 Å². The molecule has 1 atom stereocenters. The van der Waals surface area contributed by atoms with Gasteiger partial charge in [0.2, 0.25) is 0 Å². The lowest BCUT2D eigenvalue weighted by Gasteiger charge is -2.15. The first-order chi connectivity index (χ1) is 24.6. The van der Waals surface area contributed by atoms with Gasteiger partial charge in [0.05, 0.1) is 6.61 Å². The normalized spacial score (nSPS) is 12.8. The summed E-state index contributed by atoms with van der Waals surface area (Å²) >= 11 is 0. The van der Waals surface area contributed by atoms with Crippen LogP contribution < -0.4 is 0 Å². The fourth-order valence-electron chi connectivity index (χ4n) is 5.70. The third-order valence-electron chi connectivity index (χ3n) is 8.83. The smallest absolute Gasteiger partial charge is 0.306 e. The van der Waals surface area contributed by atoms with Crippen LogP contribution in [-0.4, -0.2) is 36.4 Å². The molecule has 0 aromatic carbocycles. The molecule has 0 saturated carbocycles. The third kappa shape index (κ3) is 38.4. The van der Waals surface area contributed by atoms with Crippen LogP contribution in [0.2, 0.25) is 0 Å². The van der Waals surface area contributed by atoms with Gasteiger partial charge in [0.25, 0.3) is 0 Å². The Balaban J connectivity index is 3.61. The van der Waals surface area contributed by atoms with Gasteiger partial charge in [-0.3, -0.25) is 9.59 Å². The van der Waals surface area contributed by atoms with E-state index >= 15 is 0 Å². The summed E-state index contributed by atoms with van der Waals surface area (Å²) in [6.45, 7) is 4.00. The van der Waals surface area contributed by atoms with E-state index in [4.69, 9.17) is 9.47 Å². The Hall–Kier alpha value is -2.40. The first kappa shape index (κ1) is 47.6. The van der Waals surface area contributed by atoms with Crippen LogP contribution in [-0.2, 0) is 19.1 Å². The summed E-state index contributed by atoms with van der Waals surface area (Å²) in [5.41, 5.74) is 0. The molecular weight excluding hydrogens is 620 g/mol. The van der Waals surface area contributed by atoms with Crippen LogP contribution in [0.1, 0.15) is 194 Å². The Kier molecular flexibility index (Phi) is 39.1. The van der Waals surface area contributed by atoms with E-state index in [1.54, 1.807) is 0 Å². The SMILES string of the molecule is CCC=CCC=CCC=CCC=CCC=CCCCCCC(=O)OCC(CO)OC(=O)CCCCCCCCCCCCCCCCCCC. The maximum Gasteiger partial charge on any atom is 0.306 e. The average molecular weight is 699 g/mol. The van der Waals surface area contributed by atoms with Gasteiger partial charge < -0.3 is 14.6 Å². The third-order valence-corrected chi connectivity index (χ3v) is 8.83. The zero-order valence-electron chi connectivity index (χ0n) is 32.6. The molecule has 0 aliphatic carbocycles. The van der Waals surface area contributed by atoms with Crippen molar-refractivity contribution in [1.29, 1.82) is 0 Å². The van der Waals surface area contributed by atoms with Crippen molar-refractivity contribution < 1.29 is 24.2 Å². The molecular formula is C45H78O5. The monoisotopic (exact) mass is 699 g/mol. The van der Waals surface area contributed by atoms with Gasteiger partial charge in [-0.1, -0.05) is 184 Å². The molecule has 0 heterocycles. The van der Waals surface area contributed by atoms with E-state index in [9.17, 15) is 14.7 Å². The van der Waals surface area contributed by atoms with E-state index in [0.29, 0.717) is 12.8 Å². The Labute approximate surface area is 309 Å². The second-order valence-electron chi connectivity index (χ2n) is 13.7. The zero-order valence-corrected chi connectivity index (χ0v) is 32.6. The molecule has 1 unspecified atom stereocenters. The summed E-state index contributed by atoms with van der Waals surface area (Å²) in [6, 6.07) is 0. The Morgan fingerprint density at radius 1 is 0.480 bits per heavy atom. The number of esters is 2. The second-order valence-corrected chi connectivity index (χ2v) is 13.7. The van der Waals surface area contributed by atoms with Crippen LogP contribution in [0.25, 0.3) is 0 Å². The minimum Gasteiger partial charge on any atom is -0.462 e. The maximum absolute atomic E-state index is 12.2. The highest BCUT2D eigenvalue weighted by atomic mass is 16.6. The molecule has 0 aliphatic heterocycles. The van der Waals surface area contributed by atoms with Crippen LogP contribution in [0.5, 0.6) is 0 Å². The Bertz CT molecular complexity index is 884. The molecule has 0 aliphatic rings. The van der Waals surface area contributed by atoms with E-state index in [-0.39, 0.29) is 25.2 Å². The molecule has 288 valence electrons. The average Bonchev–Trinajstić information content (AvgIpc) is 3.12. The van der Waals surface area contributed by atoms with Gasteiger partial charge in [-0.05, 0) is 57.8 Å². The lowest BCUT2D eigenvalue weighted by atomic mass is 10.0. The molecule has 0 radical (unpaired) electrons. The molecule has 0 saturated heterocycles. The highest BCUT2D eigenvalue weighted by Gasteiger charge is 2.16. The Morgan fingerprint density at radius 3 is 1.30 bits per heavy atom. The summed E-state index contributed by atoms with van der Waals surface area (Å²) in [5, 5.41) is 9.57. The number of carbonyl (C=O) groups excluding carboxylic acids is 2. The van der Waals surface area contributed by atoms with Gasteiger partial charge in [-0.15, -0.1) is 0 Å². The second kappa shape index (κ2) is 41.0. The van der Waals surface area contributed by atoms with Crippen molar-refractivity contribution in [3.8, 4) is 0 Å². The van der Waals surface area contributed by atoms with Crippen LogP contribution >= 0.6 is 0 Å². The molecule has 0 spiro atoms. The van der Waals surface area contributed by atoms with E-state index in [1.807, 2.05) is 0 Å². The fourth-order valence-corrected chi connectivity index (χ4v) is 5.70. The highest BCUT2D eigenvalue weighted by Crippen LogP contribution is 2.15. The highest BCUT2D eigenvalue weighted by molar-refractivity contribution is 5.70. The van der Waals surface area contributed by atoms with Crippen LogP contribution in [0.4, 0.5) is 0 Å². The molecule has 50 heavy (non-hydrogen) atoms. The first-order valence-corrected chi connectivity index (χ1v) is 20.8. The summed E-state index contributed by atoms with van der Waals surface area (Å²) in [4.78, 5) is 24.3. The molecule has 0 amide bonds. The largest absolute Gasteiger partial charge is 0.462 e. The van der Waals surface area contributed by atoms with E-state index in [0.717, 1.165) is 77.0 Å². The van der Waals surface area contributed by atoms with E-state index in [1.165, 1.54) is 89.9 Å². The molecule has 5 heteroatoms. The number of hydrogen-bond acceptors (Lipinski definition) is 5. The quantitative estimate of drug-likeness (QED) is 0.0397. The number of allylic oxidation sites excluding steroid dienone is 10. The fraction of sp³-hybridized carbons (Fsp3) is 0.733. The van der Waals surface area contributed by atoms with Crippen molar-refractivity contribution in [3.05, 3.63) is 60.8 Å². The molecule has 0 rings (SSSR count). The van der Waals surface area contributed by atoms with Crippen molar-refractivity contribution in [3.63, 3.8) is 0 Å². The minimum atomic E-state index is -0.785. The van der Waals surface area contributed by atoms with Gasteiger partial charge in [-0.25, -0.2) is 0 Å². The molecule has 0 bridgehead atoms. The number of rotatable bonds is 37. The summed E-state index contributed by atoms with van der Waals surface area (Å²) in [7, 11) is 0. The molecule has 5 nitrogen and oxygen atoms in total. The summed E-state index contributed by atoms with van der Waals surface area (Å²) < 4.78 is 10.6. The van der Waals surface area contributed by atoms with E-state index < -0.39 is 6.10 Å². The predicted octanol–water partition coefficient (Wildman–Crippen LogP) is 13.2. The van der Waals surface area contributed by atoms with Crippen molar-refractivity contribution in [1.82, 2.24) is 0 Å².